The molecule has 0 atom stereocenters. The van der Waals surface area contributed by atoms with Crippen LogP contribution in [0.2, 0.25) is 0 Å². The molecular formula is C17H20F2N2O4. The van der Waals surface area contributed by atoms with Gasteiger partial charge in [-0.05, 0) is 31.4 Å². The first kappa shape index (κ1) is 18.8. The fraction of sp³-hybridized carbons (Fsp3) is 0.471. The summed E-state index contributed by atoms with van der Waals surface area (Å²) in [4.78, 5) is 36.8. The number of ether oxygens (including phenoxy) is 1. The van der Waals surface area contributed by atoms with Gasteiger partial charge < -0.3 is 15.0 Å². The maximum absolute atomic E-state index is 13.4. The van der Waals surface area contributed by atoms with Gasteiger partial charge in [0.1, 0.15) is 11.6 Å². The van der Waals surface area contributed by atoms with Gasteiger partial charge in [0, 0.05) is 25.7 Å². The fourth-order valence-corrected chi connectivity index (χ4v) is 2.50. The van der Waals surface area contributed by atoms with Crippen molar-refractivity contribution in [2.75, 3.05) is 26.2 Å². The van der Waals surface area contributed by atoms with Crippen molar-refractivity contribution in [1.29, 1.82) is 0 Å². The van der Waals surface area contributed by atoms with Gasteiger partial charge in [-0.2, -0.15) is 0 Å². The molecule has 25 heavy (non-hydrogen) atoms. The molecule has 1 N–H and O–H groups in total. The average Bonchev–Trinajstić information content (AvgIpc) is 2.60. The number of carbonyl (C=O) groups is 3. The van der Waals surface area contributed by atoms with E-state index in [0.717, 1.165) is 31.4 Å². The van der Waals surface area contributed by atoms with Gasteiger partial charge in [0.05, 0.1) is 12.0 Å². The third-order valence-corrected chi connectivity index (χ3v) is 3.86. The first-order valence-electron chi connectivity index (χ1n) is 8.14. The molecule has 136 valence electrons. The van der Waals surface area contributed by atoms with Gasteiger partial charge in [-0.1, -0.05) is 0 Å². The minimum atomic E-state index is -0.979. The topological polar surface area (TPSA) is 75.7 Å². The Labute approximate surface area is 144 Å². The molecule has 0 spiro atoms. The Morgan fingerprint density at radius 1 is 1.12 bits per heavy atom. The zero-order valence-electron chi connectivity index (χ0n) is 13.7. The Balaban J connectivity index is 1.67. The molecule has 0 unspecified atom stereocenters. The lowest BCUT2D eigenvalue weighted by molar-refractivity contribution is -0.152. The monoisotopic (exact) mass is 354 g/mol. The number of nitrogens with one attached hydrogen (secondary N) is 1. The van der Waals surface area contributed by atoms with Crippen molar-refractivity contribution in [2.24, 2.45) is 0 Å². The zero-order chi connectivity index (χ0) is 18.2. The Kier molecular flexibility index (Phi) is 6.85. The van der Waals surface area contributed by atoms with E-state index in [2.05, 4.69) is 5.32 Å². The number of hydrogen-bond donors (Lipinski definition) is 1. The molecular weight excluding hydrogens is 334 g/mol. The standard InChI is InChI=1S/C17H20F2N2O4/c18-12-4-5-13(14(19)10-12)17(24)20-7-6-16(23)25-11-15(22)21-8-2-1-3-9-21/h4-5,10H,1-3,6-9,11H2,(H,20,24). The zero-order valence-corrected chi connectivity index (χ0v) is 13.7. The van der Waals surface area contributed by atoms with Crippen LogP contribution in [-0.4, -0.2) is 48.9 Å². The minimum Gasteiger partial charge on any atom is -0.456 e. The Hall–Kier alpha value is -2.51. The first-order chi connectivity index (χ1) is 12.0. The summed E-state index contributed by atoms with van der Waals surface area (Å²) in [6.07, 6.45) is 2.84. The highest BCUT2D eigenvalue weighted by atomic mass is 19.1. The number of piperidine rings is 1. The molecule has 2 rings (SSSR count). The van der Waals surface area contributed by atoms with Gasteiger partial charge in [-0.15, -0.1) is 0 Å². The number of rotatable bonds is 6. The quantitative estimate of drug-likeness (QED) is 0.788. The largest absolute Gasteiger partial charge is 0.456 e. The van der Waals surface area contributed by atoms with Crippen molar-refractivity contribution in [3.63, 3.8) is 0 Å². The van der Waals surface area contributed by atoms with Crippen molar-refractivity contribution in [3.8, 4) is 0 Å². The molecule has 1 aliphatic heterocycles. The number of likely N-dealkylation sites (tertiary alicyclic amines) is 1. The molecule has 2 amide bonds. The molecule has 0 saturated carbocycles. The lowest BCUT2D eigenvalue weighted by Crippen LogP contribution is -2.38. The highest BCUT2D eigenvalue weighted by Crippen LogP contribution is 2.10. The lowest BCUT2D eigenvalue weighted by atomic mass is 10.1. The molecule has 0 aliphatic carbocycles. The van der Waals surface area contributed by atoms with Gasteiger partial charge in [-0.25, -0.2) is 8.78 Å². The maximum atomic E-state index is 13.4. The van der Waals surface area contributed by atoms with Crippen molar-refractivity contribution in [2.45, 2.75) is 25.7 Å². The summed E-state index contributed by atoms with van der Waals surface area (Å²) in [5.41, 5.74) is -0.310. The van der Waals surface area contributed by atoms with Gasteiger partial charge in [0.25, 0.3) is 11.8 Å². The molecule has 0 aromatic heterocycles. The normalized spacial score (nSPS) is 14.1. The second kappa shape index (κ2) is 9.10. The number of benzene rings is 1. The molecule has 1 aliphatic rings. The summed E-state index contributed by atoms with van der Waals surface area (Å²) >= 11 is 0. The summed E-state index contributed by atoms with van der Waals surface area (Å²) in [7, 11) is 0. The van der Waals surface area contributed by atoms with Crippen LogP contribution in [0.3, 0.4) is 0 Å². The maximum Gasteiger partial charge on any atom is 0.308 e. The van der Waals surface area contributed by atoms with Gasteiger partial charge >= 0.3 is 5.97 Å². The van der Waals surface area contributed by atoms with Crippen LogP contribution in [0.25, 0.3) is 0 Å². The van der Waals surface area contributed by atoms with E-state index in [1.807, 2.05) is 0 Å². The van der Waals surface area contributed by atoms with Crippen molar-refractivity contribution in [3.05, 3.63) is 35.4 Å². The molecule has 1 heterocycles. The van der Waals surface area contributed by atoms with Crippen molar-refractivity contribution < 1.29 is 27.9 Å². The summed E-state index contributed by atoms with van der Waals surface area (Å²) in [6.45, 7) is 0.955. The SMILES string of the molecule is O=C(CCNC(=O)c1ccc(F)cc1F)OCC(=O)N1CCCCC1. The molecule has 0 radical (unpaired) electrons. The summed E-state index contributed by atoms with van der Waals surface area (Å²) in [5.74, 6) is -3.38. The summed E-state index contributed by atoms with van der Waals surface area (Å²) < 4.78 is 31.1. The van der Waals surface area contributed by atoms with Crippen LogP contribution in [0.1, 0.15) is 36.0 Å². The van der Waals surface area contributed by atoms with Crippen LogP contribution < -0.4 is 5.32 Å². The third-order valence-electron chi connectivity index (χ3n) is 3.86. The molecule has 6 nitrogen and oxygen atoms in total. The number of carbonyl (C=O) groups excluding carboxylic acids is 3. The number of esters is 1. The van der Waals surface area contributed by atoms with Crippen LogP contribution >= 0.6 is 0 Å². The number of halogens is 2. The number of nitrogens with zero attached hydrogens (tertiary/aromatic N) is 1. The fourth-order valence-electron chi connectivity index (χ4n) is 2.50. The molecule has 1 aromatic rings. The smallest absolute Gasteiger partial charge is 0.308 e. The van der Waals surface area contributed by atoms with Crippen LogP contribution in [0.5, 0.6) is 0 Å². The third kappa shape index (κ3) is 5.81. The van der Waals surface area contributed by atoms with Crippen LogP contribution in [-0.2, 0) is 14.3 Å². The predicted octanol–water partition coefficient (Wildman–Crippen LogP) is 1.64. The molecule has 1 saturated heterocycles. The van der Waals surface area contributed by atoms with E-state index in [9.17, 15) is 23.2 Å². The van der Waals surface area contributed by atoms with Gasteiger partial charge in [0.15, 0.2) is 6.61 Å². The van der Waals surface area contributed by atoms with E-state index in [4.69, 9.17) is 4.74 Å². The van der Waals surface area contributed by atoms with Crippen molar-refractivity contribution >= 4 is 17.8 Å². The number of amides is 2. The molecule has 1 aromatic carbocycles. The highest BCUT2D eigenvalue weighted by molar-refractivity contribution is 5.94. The van der Waals surface area contributed by atoms with Crippen LogP contribution in [0, 0.1) is 11.6 Å². The highest BCUT2D eigenvalue weighted by Gasteiger charge is 2.18. The predicted molar refractivity (Wildman–Crippen MR) is 84.7 cm³/mol. The second-order valence-electron chi connectivity index (χ2n) is 5.73. The van der Waals surface area contributed by atoms with E-state index in [-0.39, 0.29) is 31.0 Å². The molecule has 1 fully saturated rings. The molecule has 0 bridgehead atoms. The van der Waals surface area contributed by atoms with Crippen LogP contribution in [0.15, 0.2) is 18.2 Å². The minimum absolute atomic E-state index is 0.0770. The summed E-state index contributed by atoms with van der Waals surface area (Å²) in [6, 6.07) is 2.60. The second-order valence-corrected chi connectivity index (χ2v) is 5.73. The Bertz CT molecular complexity index is 646. The average molecular weight is 354 g/mol. The van der Waals surface area contributed by atoms with E-state index in [1.165, 1.54) is 0 Å². The van der Waals surface area contributed by atoms with Crippen molar-refractivity contribution in [1.82, 2.24) is 10.2 Å². The Morgan fingerprint density at radius 3 is 2.52 bits per heavy atom. The Morgan fingerprint density at radius 2 is 1.84 bits per heavy atom. The first-order valence-corrected chi connectivity index (χ1v) is 8.14. The van der Waals surface area contributed by atoms with Crippen LogP contribution in [0.4, 0.5) is 8.78 Å². The van der Waals surface area contributed by atoms with Gasteiger partial charge in [0.2, 0.25) is 0 Å². The number of hydrogen-bond acceptors (Lipinski definition) is 4. The van der Waals surface area contributed by atoms with E-state index in [1.54, 1.807) is 4.90 Å². The van der Waals surface area contributed by atoms with E-state index >= 15 is 0 Å². The summed E-state index contributed by atoms with van der Waals surface area (Å²) in [5, 5.41) is 2.34. The lowest BCUT2D eigenvalue weighted by Gasteiger charge is -2.26. The van der Waals surface area contributed by atoms with E-state index in [0.29, 0.717) is 19.2 Å². The van der Waals surface area contributed by atoms with Gasteiger partial charge in [-0.3, -0.25) is 14.4 Å². The molecule has 8 heteroatoms. The van der Waals surface area contributed by atoms with E-state index < -0.39 is 23.5 Å².